The molecule has 5 heteroatoms. The van der Waals surface area contributed by atoms with Crippen LogP contribution in [0.4, 0.5) is 5.82 Å². The highest BCUT2D eigenvalue weighted by atomic mass is 35.5. The summed E-state index contributed by atoms with van der Waals surface area (Å²) < 4.78 is 0.806. The van der Waals surface area contributed by atoms with E-state index in [1.165, 1.54) is 4.88 Å². The molecule has 0 aliphatic carbocycles. The van der Waals surface area contributed by atoms with Crippen LogP contribution in [-0.4, -0.2) is 9.97 Å². The molecular formula is C12H14ClN3S. The quantitative estimate of drug-likeness (QED) is 0.914. The second-order valence-electron chi connectivity index (χ2n) is 3.95. The molecule has 0 saturated heterocycles. The van der Waals surface area contributed by atoms with Crippen LogP contribution in [0.5, 0.6) is 0 Å². The average molecular weight is 268 g/mol. The lowest BCUT2D eigenvalue weighted by Crippen LogP contribution is -2.09. The third-order valence-corrected chi connectivity index (χ3v) is 3.86. The molecule has 2 rings (SSSR count). The van der Waals surface area contributed by atoms with Crippen molar-refractivity contribution in [1.29, 1.82) is 0 Å². The Balaban J connectivity index is 2.18. The molecule has 0 fully saturated rings. The Morgan fingerprint density at radius 1 is 1.35 bits per heavy atom. The molecule has 1 unspecified atom stereocenters. The molecular weight excluding hydrogens is 254 g/mol. The number of rotatable bonds is 3. The predicted octanol–water partition coefficient (Wildman–Crippen LogP) is 3.98. The Labute approximate surface area is 110 Å². The minimum atomic E-state index is 0.183. The highest BCUT2D eigenvalue weighted by Crippen LogP contribution is 2.28. The summed E-state index contributed by atoms with van der Waals surface area (Å²) >= 11 is 7.51. The van der Waals surface area contributed by atoms with Gasteiger partial charge in [0.25, 0.3) is 0 Å². The summed E-state index contributed by atoms with van der Waals surface area (Å²) in [6, 6.07) is 4.12. The molecule has 0 radical (unpaired) electrons. The first-order valence-corrected chi connectivity index (χ1v) is 6.57. The normalized spacial score (nSPS) is 12.5. The molecule has 0 aromatic carbocycles. The summed E-state index contributed by atoms with van der Waals surface area (Å²) in [6.07, 6.45) is 1.77. The topological polar surface area (TPSA) is 37.8 Å². The third kappa shape index (κ3) is 2.96. The van der Waals surface area contributed by atoms with Crippen LogP contribution in [0.2, 0.25) is 4.34 Å². The SMILES string of the molecule is Cc1cnc(C)c(NC(C)c2ccc(Cl)s2)n1. The lowest BCUT2D eigenvalue weighted by atomic mass is 10.2. The summed E-state index contributed by atoms with van der Waals surface area (Å²) in [4.78, 5) is 9.92. The van der Waals surface area contributed by atoms with E-state index < -0.39 is 0 Å². The number of nitrogens with one attached hydrogen (secondary N) is 1. The summed E-state index contributed by atoms with van der Waals surface area (Å²) in [5.41, 5.74) is 1.82. The summed E-state index contributed by atoms with van der Waals surface area (Å²) in [6.45, 7) is 5.97. The van der Waals surface area contributed by atoms with Gasteiger partial charge in [0.05, 0.1) is 21.8 Å². The first kappa shape index (κ1) is 12.3. The highest BCUT2D eigenvalue weighted by Gasteiger charge is 2.10. The molecule has 0 amide bonds. The van der Waals surface area contributed by atoms with Crippen LogP contribution in [0.3, 0.4) is 0 Å². The van der Waals surface area contributed by atoms with E-state index >= 15 is 0 Å². The number of halogens is 1. The van der Waals surface area contributed by atoms with Gasteiger partial charge in [0, 0.05) is 11.1 Å². The zero-order chi connectivity index (χ0) is 12.4. The van der Waals surface area contributed by atoms with E-state index in [9.17, 15) is 0 Å². The van der Waals surface area contributed by atoms with Crippen LogP contribution >= 0.6 is 22.9 Å². The zero-order valence-electron chi connectivity index (χ0n) is 9.99. The monoisotopic (exact) mass is 267 g/mol. The van der Waals surface area contributed by atoms with Crippen LogP contribution < -0.4 is 5.32 Å². The fourth-order valence-corrected chi connectivity index (χ4v) is 2.57. The van der Waals surface area contributed by atoms with Gasteiger partial charge >= 0.3 is 0 Å². The second-order valence-corrected chi connectivity index (χ2v) is 5.70. The van der Waals surface area contributed by atoms with Crippen molar-refractivity contribution < 1.29 is 0 Å². The van der Waals surface area contributed by atoms with Gasteiger partial charge in [-0.2, -0.15) is 0 Å². The molecule has 3 nitrogen and oxygen atoms in total. The minimum absolute atomic E-state index is 0.183. The zero-order valence-corrected chi connectivity index (χ0v) is 11.6. The van der Waals surface area contributed by atoms with Gasteiger partial charge in [-0.3, -0.25) is 4.98 Å². The van der Waals surface area contributed by atoms with Gasteiger partial charge in [-0.1, -0.05) is 11.6 Å². The molecule has 0 spiro atoms. The Hall–Kier alpha value is -1.13. The van der Waals surface area contributed by atoms with Crippen LogP contribution in [0, 0.1) is 13.8 Å². The maximum atomic E-state index is 5.93. The molecule has 0 saturated carbocycles. The minimum Gasteiger partial charge on any atom is -0.361 e. The number of aryl methyl sites for hydroxylation is 2. The van der Waals surface area contributed by atoms with E-state index in [0.29, 0.717) is 0 Å². The fourth-order valence-electron chi connectivity index (χ4n) is 1.51. The number of nitrogens with zero attached hydrogens (tertiary/aromatic N) is 2. The summed E-state index contributed by atoms with van der Waals surface area (Å²) in [5.74, 6) is 0.835. The molecule has 0 bridgehead atoms. The van der Waals surface area contributed by atoms with Crippen LogP contribution in [0.1, 0.15) is 29.2 Å². The number of aromatic nitrogens is 2. The molecule has 0 aliphatic heterocycles. The van der Waals surface area contributed by atoms with E-state index in [-0.39, 0.29) is 6.04 Å². The van der Waals surface area contributed by atoms with Crippen molar-refractivity contribution in [3.8, 4) is 0 Å². The van der Waals surface area contributed by atoms with Gasteiger partial charge in [0.1, 0.15) is 5.82 Å². The molecule has 1 atom stereocenters. The average Bonchev–Trinajstić information content (AvgIpc) is 2.70. The Kier molecular flexibility index (Phi) is 3.64. The molecule has 2 heterocycles. The third-order valence-electron chi connectivity index (χ3n) is 2.45. The first-order valence-electron chi connectivity index (χ1n) is 5.38. The molecule has 90 valence electrons. The van der Waals surface area contributed by atoms with Crippen molar-refractivity contribution in [2.75, 3.05) is 5.32 Å². The number of thiophene rings is 1. The van der Waals surface area contributed by atoms with Gasteiger partial charge in [0.2, 0.25) is 0 Å². The van der Waals surface area contributed by atoms with Crippen molar-refractivity contribution in [2.24, 2.45) is 0 Å². The van der Waals surface area contributed by atoms with Crippen molar-refractivity contribution >= 4 is 28.8 Å². The van der Waals surface area contributed by atoms with Crippen molar-refractivity contribution in [3.05, 3.63) is 38.9 Å². The highest BCUT2D eigenvalue weighted by molar-refractivity contribution is 7.16. The number of hydrogen-bond donors (Lipinski definition) is 1. The lowest BCUT2D eigenvalue weighted by Gasteiger charge is -2.14. The van der Waals surface area contributed by atoms with Crippen LogP contribution in [0.25, 0.3) is 0 Å². The molecule has 17 heavy (non-hydrogen) atoms. The Morgan fingerprint density at radius 3 is 2.76 bits per heavy atom. The largest absolute Gasteiger partial charge is 0.361 e. The standard InChI is InChI=1S/C12H14ClN3S/c1-7-6-14-9(3)12(15-7)16-8(2)10-4-5-11(13)17-10/h4-6,8H,1-3H3,(H,15,16). The van der Waals surface area contributed by atoms with Gasteiger partial charge in [-0.25, -0.2) is 4.98 Å². The number of hydrogen-bond acceptors (Lipinski definition) is 4. The maximum Gasteiger partial charge on any atom is 0.148 e. The fraction of sp³-hybridized carbons (Fsp3) is 0.333. The Bertz CT molecular complexity index is 524. The molecule has 2 aromatic heterocycles. The maximum absolute atomic E-state index is 5.93. The lowest BCUT2D eigenvalue weighted by molar-refractivity contribution is 0.881. The van der Waals surface area contributed by atoms with Gasteiger partial charge in [0.15, 0.2) is 0 Å². The van der Waals surface area contributed by atoms with Crippen molar-refractivity contribution in [2.45, 2.75) is 26.8 Å². The van der Waals surface area contributed by atoms with Crippen molar-refractivity contribution in [3.63, 3.8) is 0 Å². The molecule has 1 N–H and O–H groups in total. The van der Waals surface area contributed by atoms with E-state index in [0.717, 1.165) is 21.5 Å². The van der Waals surface area contributed by atoms with Crippen molar-refractivity contribution in [1.82, 2.24) is 9.97 Å². The van der Waals surface area contributed by atoms with Crippen LogP contribution in [-0.2, 0) is 0 Å². The van der Waals surface area contributed by atoms with E-state index in [1.54, 1.807) is 17.5 Å². The first-order chi connectivity index (χ1) is 8.06. The van der Waals surface area contributed by atoms with Gasteiger partial charge in [-0.05, 0) is 32.9 Å². The van der Waals surface area contributed by atoms with Crippen LogP contribution in [0.15, 0.2) is 18.3 Å². The van der Waals surface area contributed by atoms with Gasteiger partial charge in [-0.15, -0.1) is 11.3 Å². The summed E-state index contributed by atoms with van der Waals surface area (Å²) in [5, 5.41) is 3.36. The van der Waals surface area contributed by atoms with E-state index in [4.69, 9.17) is 11.6 Å². The second kappa shape index (κ2) is 5.02. The molecule has 0 aliphatic rings. The predicted molar refractivity (Wildman–Crippen MR) is 72.9 cm³/mol. The van der Waals surface area contributed by atoms with E-state index in [2.05, 4.69) is 22.2 Å². The number of anilines is 1. The van der Waals surface area contributed by atoms with Gasteiger partial charge < -0.3 is 5.32 Å². The Morgan fingerprint density at radius 2 is 2.12 bits per heavy atom. The smallest absolute Gasteiger partial charge is 0.148 e. The molecule has 2 aromatic rings. The van der Waals surface area contributed by atoms with E-state index in [1.807, 2.05) is 26.0 Å². The summed E-state index contributed by atoms with van der Waals surface area (Å²) in [7, 11) is 0.